The highest BCUT2D eigenvalue weighted by Gasteiger charge is 2.41. The van der Waals surface area contributed by atoms with Crippen LogP contribution in [0.2, 0.25) is 0 Å². The number of carbonyl (C=O) groups excluding carboxylic acids is 1. The van der Waals surface area contributed by atoms with Gasteiger partial charge in [-0.15, -0.1) is 0 Å². The predicted octanol–water partition coefficient (Wildman–Crippen LogP) is 1.59. The van der Waals surface area contributed by atoms with Crippen molar-refractivity contribution in [3.8, 4) is 11.8 Å². The van der Waals surface area contributed by atoms with Crippen molar-refractivity contribution in [2.45, 2.75) is 43.8 Å². The van der Waals surface area contributed by atoms with Gasteiger partial charge in [0.15, 0.2) is 0 Å². The first kappa shape index (κ1) is 16.8. The molecule has 1 aromatic heterocycles. The molecule has 1 aromatic carbocycles. The molecule has 26 heavy (non-hydrogen) atoms. The number of para-hydroxylation sites is 1. The number of hydrogen-bond donors (Lipinski definition) is 3. The van der Waals surface area contributed by atoms with E-state index in [1.165, 1.54) is 6.42 Å². The summed E-state index contributed by atoms with van der Waals surface area (Å²) < 4.78 is 1.71. The number of nitriles is 1. The van der Waals surface area contributed by atoms with E-state index in [9.17, 15) is 10.1 Å². The van der Waals surface area contributed by atoms with Gasteiger partial charge in [-0.25, -0.2) is 10.1 Å². The molecule has 1 saturated heterocycles. The Labute approximate surface area is 152 Å². The molecule has 0 radical (unpaired) electrons. The molecule has 2 heterocycles. The largest absolute Gasteiger partial charge is 0.335 e. The zero-order valence-electron chi connectivity index (χ0n) is 14.4. The Morgan fingerprint density at radius 3 is 2.88 bits per heavy atom. The van der Waals surface area contributed by atoms with Crippen LogP contribution in [-0.4, -0.2) is 27.8 Å². The van der Waals surface area contributed by atoms with Crippen molar-refractivity contribution in [2.24, 2.45) is 5.92 Å². The molecule has 4 atom stereocenters. The van der Waals surface area contributed by atoms with Gasteiger partial charge < -0.3 is 5.32 Å². The van der Waals surface area contributed by atoms with Crippen molar-refractivity contribution in [1.82, 2.24) is 25.9 Å². The average Bonchev–Trinajstić information content (AvgIpc) is 3.34. The average molecular weight is 350 g/mol. The van der Waals surface area contributed by atoms with E-state index in [1.807, 2.05) is 30.3 Å². The van der Waals surface area contributed by atoms with E-state index in [1.54, 1.807) is 17.1 Å². The minimum Gasteiger partial charge on any atom is -0.335 e. The number of amides is 1. The molecule has 2 fully saturated rings. The van der Waals surface area contributed by atoms with E-state index >= 15 is 0 Å². The second kappa shape index (κ2) is 7.28. The van der Waals surface area contributed by atoms with E-state index < -0.39 is 6.04 Å². The monoisotopic (exact) mass is 350 g/mol. The van der Waals surface area contributed by atoms with Crippen LogP contribution in [0.25, 0.3) is 5.69 Å². The number of rotatable bonds is 4. The molecule has 2 aromatic rings. The smallest absolute Gasteiger partial charge is 0.240 e. The summed E-state index contributed by atoms with van der Waals surface area (Å²) in [6.45, 7) is 0. The second-order valence-corrected chi connectivity index (χ2v) is 6.95. The molecule has 1 aliphatic carbocycles. The highest BCUT2D eigenvalue weighted by molar-refractivity contribution is 5.83. The number of aromatic nitrogens is 2. The molecule has 7 nitrogen and oxygen atoms in total. The number of nitrogens with one attached hydrogen (secondary N) is 3. The molecular weight excluding hydrogens is 328 g/mol. The van der Waals surface area contributed by atoms with Crippen molar-refractivity contribution < 1.29 is 4.79 Å². The third-order valence-electron chi connectivity index (χ3n) is 5.33. The van der Waals surface area contributed by atoms with E-state index in [-0.39, 0.29) is 17.9 Å². The quantitative estimate of drug-likeness (QED) is 0.778. The van der Waals surface area contributed by atoms with Gasteiger partial charge in [-0.05, 0) is 25.0 Å². The zero-order valence-corrected chi connectivity index (χ0v) is 14.4. The van der Waals surface area contributed by atoms with Gasteiger partial charge in [-0.2, -0.15) is 10.4 Å². The summed E-state index contributed by atoms with van der Waals surface area (Å²) in [6, 6.07) is 11.2. The third kappa shape index (κ3) is 3.21. The Balaban J connectivity index is 1.46. The lowest BCUT2D eigenvalue weighted by Crippen LogP contribution is -2.46. The molecule has 0 bridgehead atoms. The molecule has 3 N–H and O–H groups in total. The van der Waals surface area contributed by atoms with Crippen LogP contribution in [-0.2, 0) is 4.79 Å². The third-order valence-corrected chi connectivity index (χ3v) is 5.33. The van der Waals surface area contributed by atoms with Crippen molar-refractivity contribution in [2.75, 3.05) is 0 Å². The van der Waals surface area contributed by atoms with E-state index in [2.05, 4.69) is 27.3 Å². The molecule has 4 unspecified atom stereocenters. The van der Waals surface area contributed by atoms with Crippen LogP contribution in [0, 0.1) is 17.2 Å². The maximum absolute atomic E-state index is 12.7. The number of nitrogens with zero attached hydrogens (tertiary/aromatic N) is 3. The second-order valence-electron chi connectivity index (χ2n) is 6.95. The Hall–Kier alpha value is -2.69. The summed E-state index contributed by atoms with van der Waals surface area (Å²) in [6.07, 6.45) is 7.89. The summed E-state index contributed by atoms with van der Waals surface area (Å²) in [5.74, 6) is 0.154. The van der Waals surface area contributed by atoms with Gasteiger partial charge >= 0.3 is 0 Å². The zero-order chi connectivity index (χ0) is 17.9. The summed E-state index contributed by atoms with van der Waals surface area (Å²) in [4.78, 5) is 12.7. The van der Waals surface area contributed by atoms with Gasteiger partial charge in [0.2, 0.25) is 5.91 Å². The standard InChI is InChI=1S/C19H22N6O/c20-10-17(13-11-21-25(12-13)14-6-2-1-3-7-14)22-19(26)18-15-8-4-5-9-16(15)23-24-18/h1-3,6-7,11-12,15-18,23-24H,4-5,8-9H2,(H,22,26). The first-order valence-corrected chi connectivity index (χ1v) is 9.07. The van der Waals surface area contributed by atoms with Crippen LogP contribution in [0.3, 0.4) is 0 Å². The molecule has 1 saturated carbocycles. The minimum absolute atomic E-state index is 0.133. The Morgan fingerprint density at radius 1 is 1.27 bits per heavy atom. The molecule has 2 aliphatic rings. The number of fused-ring (bicyclic) bond motifs is 1. The minimum atomic E-state index is -0.718. The molecule has 7 heteroatoms. The fourth-order valence-corrected chi connectivity index (χ4v) is 3.93. The molecule has 134 valence electrons. The summed E-state index contributed by atoms with van der Waals surface area (Å²) in [5.41, 5.74) is 7.94. The van der Waals surface area contributed by atoms with E-state index in [4.69, 9.17) is 0 Å². The fraction of sp³-hybridized carbons (Fsp3) is 0.421. The molecule has 0 spiro atoms. The number of hydrazine groups is 1. The van der Waals surface area contributed by atoms with Gasteiger partial charge in [0.05, 0.1) is 18.0 Å². The molecular formula is C19H22N6O. The number of benzene rings is 1. The maximum atomic E-state index is 12.7. The Kier molecular flexibility index (Phi) is 4.69. The lowest BCUT2D eigenvalue weighted by atomic mass is 9.81. The van der Waals surface area contributed by atoms with Gasteiger partial charge in [-0.1, -0.05) is 31.0 Å². The first-order chi connectivity index (χ1) is 12.8. The van der Waals surface area contributed by atoms with Gasteiger partial charge in [0, 0.05) is 23.7 Å². The number of carbonyl (C=O) groups is 1. The van der Waals surface area contributed by atoms with Crippen molar-refractivity contribution >= 4 is 5.91 Å². The van der Waals surface area contributed by atoms with Crippen molar-refractivity contribution in [3.63, 3.8) is 0 Å². The van der Waals surface area contributed by atoms with Crippen molar-refractivity contribution in [1.29, 1.82) is 5.26 Å². The highest BCUT2D eigenvalue weighted by atomic mass is 16.2. The molecule has 4 rings (SSSR count). The maximum Gasteiger partial charge on any atom is 0.240 e. The van der Waals surface area contributed by atoms with Crippen LogP contribution in [0.1, 0.15) is 37.3 Å². The van der Waals surface area contributed by atoms with E-state index in [0.29, 0.717) is 11.6 Å². The normalized spacial score (nSPS) is 25.9. The predicted molar refractivity (Wildman–Crippen MR) is 95.9 cm³/mol. The number of hydrogen-bond acceptors (Lipinski definition) is 5. The molecule has 1 amide bonds. The van der Waals surface area contributed by atoms with Crippen LogP contribution in [0.4, 0.5) is 0 Å². The summed E-state index contributed by atoms with van der Waals surface area (Å²) in [5, 5.41) is 16.7. The molecule has 1 aliphatic heterocycles. The first-order valence-electron chi connectivity index (χ1n) is 9.07. The van der Waals surface area contributed by atoms with Gasteiger partial charge in [0.25, 0.3) is 0 Å². The Bertz CT molecular complexity index is 811. The highest BCUT2D eigenvalue weighted by Crippen LogP contribution is 2.30. The van der Waals surface area contributed by atoms with Crippen LogP contribution in [0.15, 0.2) is 42.7 Å². The topological polar surface area (TPSA) is 94.8 Å². The van der Waals surface area contributed by atoms with Gasteiger partial charge in [0.1, 0.15) is 12.1 Å². The fourth-order valence-electron chi connectivity index (χ4n) is 3.93. The van der Waals surface area contributed by atoms with Gasteiger partial charge in [-0.3, -0.25) is 10.2 Å². The lowest BCUT2D eigenvalue weighted by Gasteiger charge is -2.26. The van der Waals surface area contributed by atoms with Crippen molar-refractivity contribution in [3.05, 3.63) is 48.3 Å². The van der Waals surface area contributed by atoms with E-state index in [0.717, 1.165) is 24.9 Å². The lowest BCUT2D eigenvalue weighted by molar-refractivity contribution is -0.124. The van der Waals surface area contributed by atoms with Crippen LogP contribution in [0.5, 0.6) is 0 Å². The summed E-state index contributed by atoms with van der Waals surface area (Å²) in [7, 11) is 0. The van der Waals surface area contributed by atoms with Crippen LogP contribution >= 0.6 is 0 Å². The SMILES string of the molecule is N#CC(NC(=O)C1NNC2CCCCC21)c1cnn(-c2ccccc2)c1. The summed E-state index contributed by atoms with van der Waals surface area (Å²) >= 11 is 0. The van der Waals surface area contributed by atoms with Crippen LogP contribution < -0.4 is 16.2 Å². The Morgan fingerprint density at radius 2 is 2.08 bits per heavy atom.